The molecule has 0 radical (unpaired) electrons. The van der Waals surface area contributed by atoms with Crippen molar-refractivity contribution in [1.82, 2.24) is 24.5 Å². The molecule has 39 heavy (non-hydrogen) atoms. The number of benzene rings is 2. The molecule has 0 amide bonds. The maximum absolute atomic E-state index is 11.3. The summed E-state index contributed by atoms with van der Waals surface area (Å²) in [7, 11) is 1.92. The highest BCUT2D eigenvalue weighted by Crippen LogP contribution is 2.53. The van der Waals surface area contributed by atoms with Gasteiger partial charge < -0.3 is 18.8 Å². The predicted octanol–water partition coefficient (Wildman–Crippen LogP) is 4.88. The average Bonchev–Trinajstić information content (AvgIpc) is 3.57. The minimum absolute atomic E-state index is 0.0221. The summed E-state index contributed by atoms with van der Waals surface area (Å²) < 4.78 is 19.9. The molecule has 2 aliphatic heterocycles. The summed E-state index contributed by atoms with van der Waals surface area (Å²) in [5, 5.41) is 12.1. The smallest absolute Gasteiger partial charge is 0.322 e. The van der Waals surface area contributed by atoms with Gasteiger partial charge >= 0.3 is 6.01 Å². The zero-order valence-corrected chi connectivity index (χ0v) is 20.9. The number of hydrogen-bond acceptors (Lipinski definition) is 10. The minimum Gasteiger partial charge on any atom is -0.424 e. The van der Waals surface area contributed by atoms with E-state index in [-0.39, 0.29) is 11.7 Å². The first kappa shape index (κ1) is 23.2. The van der Waals surface area contributed by atoms with E-state index in [1.807, 2.05) is 41.6 Å². The second-order valence-corrected chi connectivity index (χ2v) is 9.16. The molecule has 0 aliphatic carbocycles. The molecular formula is C27H21N7O5. The van der Waals surface area contributed by atoms with Crippen LogP contribution in [0.15, 0.2) is 61.1 Å². The summed E-state index contributed by atoms with van der Waals surface area (Å²) in [6, 6.07) is 14.2. The lowest BCUT2D eigenvalue weighted by molar-refractivity contribution is -0.384. The molecule has 194 valence electrons. The number of nitro groups is 1. The first-order valence-corrected chi connectivity index (χ1v) is 12.2. The van der Waals surface area contributed by atoms with Gasteiger partial charge in [-0.3, -0.25) is 15.0 Å². The number of hydrogen-bond donors (Lipinski definition) is 0. The quantitative estimate of drug-likeness (QED) is 0.232. The van der Waals surface area contributed by atoms with Crippen molar-refractivity contribution < 1.29 is 19.1 Å². The third-order valence-electron chi connectivity index (χ3n) is 6.82. The van der Waals surface area contributed by atoms with Crippen LogP contribution in [-0.2, 0) is 16.5 Å². The summed E-state index contributed by atoms with van der Waals surface area (Å²) >= 11 is 0. The maximum Gasteiger partial charge on any atom is 0.322 e. The number of nitro benzene ring substituents is 1. The Bertz CT molecular complexity index is 1760. The second kappa shape index (κ2) is 8.82. The van der Waals surface area contributed by atoms with E-state index in [0.717, 1.165) is 39.2 Å². The lowest BCUT2D eigenvalue weighted by Crippen LogP contribution is -2.34. The largest absolute Gasteiger partial charge is 0.424 e. The molecule has 0 saturated carbocycles. The van der Waals surface area contributed by atoms with Crippen molar-refractivity contribution in [1.29, 1.82) is 0 Å². The molecule has 5 aromatic rings. The summed E-state index contributed by atoms with van der Waals surface area (Å²) in [6.07, 6.45) is 2.46. The highest BCUT2D eigenvalue weighted by molar-refractivity contribution is 6.14. The van der Waals surface area contributed by atoms with Gasteiger partial charge in [0.05, 0.1) is 34.9 Å². The Balaban J connectivity index is 1.46. The Kier molecular flexibility index (Phi) is 5.25. The standard InChI is InChI=1S/C27H21N7O5/c1-15-9-10-28-26(31-15)39-18-7-8-19-20(13-18)33(27-37-11-12-38-27)25-22-21(19)23(32(2)24(22)29-14-30-25)16-3-5-17(6-4-16)34(35)36/h3-10,13-14,27H,11-12H2,1-2H3. The van der Waals surface area contributed by atoms with Crippen molar-refractivity contribution >= 4 is 28.2 Å². The van der Waals surface area contributed by atoms with E-state index in [2.05, 4.69) is 19.9 Å². The number of aryl methyl sites for hydroxylation is 2. The lowest BCUT2D eigenvalue weighted by Gasteiger charge is -2.33. The molecule has 12 heteroatoms. The first-order chi connectivity index (χ1) is 19.0. The van der Waals surface area contributed by atoms with E-state index in [0.29, 0.717) is 30.4 Å². The predicted molar refractivity (Wildman–Crippen MR) is 141 cm³/mol. The number of aromatic nitrogens is 5. The van der Waals surface area contributed by atoms with Crippen LogP contribution in [0.2, 0.25) is 0 Å². The van der Waals surface area contributed by atoms with E-state index in [9.17, 15) is 10.1 Å². The van der Waals surface area contributed by atoms with Crippen LogP contribution < -0.4 is 9.64 Å². The molecule has 5 heterocycles. The number of ether oxygens (including phenoxy) is 3. The SMILES string of the molecule is Cc1ccnc(Oc2ccc3c(c2)N(C2OCCO2)c2ncnc4c2c-3c(-c2ccc([N+](=O)[O-])cc2)n4C)n1. The zero-order valence-electron chi connectivity index (χ0n) is 20.9. The third kappa shape index (κ3) is 3.68. The fourth-order valence-electron chi connectivity index (χ4n) is 5.15. The number of rotatable bonds is 5. The molecule has 0 bridgehead atoms. The normalized spacial score (nSPS) is 14.6. The molecule has 2 aliphatic rings. The first-order valence-electron chi connectivity index (χ1n) is 12.2. The number of anilines is 2. The zero-order chi connectivity index (χ0) is 26.7. The molecule has 12 nitrogen and oxygen atoms in total. The topological polar surface area (TPSA) is 131 Å². The number of fused-ring (bicyclic) bond motifs is 2. The van der Waals surface area contributed by atoms with Gasteiger partial charge in [-0.25, -0.2) is 19.9 Å². The van der Waals surface area contributed by atoms with Gasteiger partial charge in [-0.05, 0) is 42.8 Å². The Morgan fingerprint density at radius 2 is 1.85 bits per heavy atom. The minimum atomic E-state index is -0.691. The Morgan fingerprint density at radius 1 is 1.05 bits per heavy atom. The molecule has 7 rings (SSSR count). The van der Waals surface area contributed by atoms with Gasteiger partial charge in [-0.1, -0.05) is 0 Å². The van der Waals surface area contributed by atoms with Crippen LogP contribution in [0.1, 0.15) is 5.69 Å². The van der Waals surface area contributed by atoms with E-state index in [1.165, 1.54) is 18.5 Å². The summed E-state index contributed by atoms with van der Waals surface area (Å²) in [6.45, 7) is 2.77. The Hall–Kier alpha value is -4.94. The molecule has 0 unspecified atom stereocenters. The Labute approximate surface area is 221 Å². The number of non-ortho nitro benzene ring substituents is 1. The summed E-state index contributed by atoms with van der Waals surface area (Å²) in [4.78, 5) is 30.6. The van der Waals surface area contributed by atoms with E-state index < -0.39 is 11.3 Å². The van der Waals surface area contributed by atoms with Crippen molar-refractivity contribution in [3.63, 3.8) is 0 Å². The highest BCUT2D eigenvalue weighted by atomic mass is 16.7. The van der Waals surface area contributed by atoms with Gasteiger partial charge in [0.2, 0.25) is 6.41 Å². The van der Waals surface area contributed by atoms with Gasteiger partial charge in [0.25, 0.3) is 5.69 Å². The van der Waals surface area contributed by atoms with Crippen LogP contribution >= 0.6 is 0 Å². The fraction of sp³-hybridized carbons (Fsp3) is 0.185. The second-order valence-electron chi connectivity index (χ2n) is 9.16. The van der Waals surface area contributed by atoms with Gasteiger partial charge in [0, 0.05) is 48.3 Å². The van der Waals surface area contributed by atoms with Crippen LogP contribution in [0.3, 0.4) is 0 Å². The molecule has 1 saturated heterocycles. The maximum atomic E-state index is 11.3. The monoisotopic (exact) mass is 523 g/mol. The van der Waals surface area contributed by atoms with Crippen LogP contribution in [0, 0.1) is 17.0 Å². The van der Waals surface area contributed by atoms with Crippen LogP contribution in [0.25, 0.3) is 33.4 Å². The van der Waals surface area contributed by atoms with Crippen LogP contribution in [-0.4, -0.2) is 49.1 Å². The van der Waals surface area contributed by atoms with Crippen LogP contribution in [0.4, 0.5) is 17.2 Å². The molecule has 1 fully saturated rings. The highest BCUT2D eigenvalue weighted by Gasteiger charge is 2.38. The van der Waals surface area contributed by atoms with Gasteiger partial charge in [0.15, 0.2) is 5.82 Å². The van der Waals surface area contributed by atoms with Crippen molar-refractivity contribution in [2.45, 2.75) is 13.3 Å². The van der Waals surface area contributed by atoms with Crippen LogP contribution in [0.5, 0.6) is 11.8 Å². The van der Waals surface area contributed by atoms with Gasteiger partial charge in [-0.2, -0.15) is 0 Å². The Morgan fingerprint density at radius 3 is 2.59 bits per heavy atom. The van der Waals surface area contributed by atoms with E-state index in [1.54, 1.807) is 24.4 Å². The van der Waals surface area contributed by atoms with Crippen molar-refractivity contribution in [2.24, 2.45) is 7.05 Å². The number of nitrogens with zero attached hydrogens (tertiary/aromatic N) is 7. The molecule has 2 aromatic carbocycles. The van der Waals surface area contributed by atoms with Crippen molar-refractivity contribution in [2.75, 3.05) is 18.1 Å². The van der Waals surface area contributed by atoms with Gasteiger partial charge in [-0.15, -0.1) is 0 Å². The van der Waals surface area contributed by atoms with E-state index >= 15 is 0 Å². The molecule has 0 N–H and O–H groups in total. The lowest BCUT2D eigenvalue weighted by atomic mass is 9.94. The molecular weight excluding hydrogens is 502 g/mol. The molecule has 3 aromatic heterocycles. The van der Waals surface area contributed by atoms with E-state index in [4.69, 9.17) is 14.2 Å². The third-order valence-corrected chi connectivity index (χ3v) is 6.82. The summed E-state index contributed by atoms with van der Waals surface area (Å²) in [5.41, 5.74) is 5.73. The van der Waals surface area contributed by atoms with Gasteiger partial charge in [0.1, 0.15) is 17.7 Å². The fourth-order valence-corrected chi connectivity index (χ4v) is 5.15. The molecule has 0 spiro atoms. The summed E-state index contributed by atoms with van der Waals surface area (Å²) in [5.74, 6) is 1.16. The average molecular weight is 524 g/mol. The molecule has 0 atom stereocenters. The van der Waals surface area contributed by atoms with Crippen molar-refractivity contribution in [3.8, 4) is 34.1 Å². The van der Waals surface area contributed by atoms with Crippen molar-refractivity contribution in [3.05, 3.63) is 76.9 Å².